The quantitative estimate of drug-likeness (QED) is 0.862. The summed E-state index contributed by atoms with van der Waals surface area (Å²) < 4.78 is 0. The van der Waals surface area contributed by atoms with Gasteiger partial charge in [-0.3, -0.25) is 4.79 Å². The van der Waals surface area contributed by atoms with E-state index in [0.717, 1.165) is 5.56 Å². The van der Waals surface area contributed by atoms with E-state index in [4.69, 9.17) is 0 Å². The van der Waals surface area contributed by atoms with Gasteiger partial charge in [0, 0.05) is 11.6 Å². The number of phenols is 1. The van der Waals surface area contributed by atoms with E-state index in [-0.39, 0.29) is 17.7 Å². The number of aryl methyl sites for hydroxylation is 1. The molecular weight excluding hydrogens is 226 g/mol. The van der Waals surface area contributed by atoms with Crippen LogP contribution >= 0.6 is 0 Å². The van der Waals surface area contributed by atoms with Crippen LogP contribution in [0.15, 0.2) is 18.2 Å². The lowest BCUT2D eigenvalue weighted by Gasteiger charge is -2.20. The minimum Gasteiger partial charge on any atom is -0.508 e. The van der Waals surface area contributed by atoms with Crippen molar-refractivity contribution in [2.24, 2.45) is 5.92 Å². The molecule has 98 valence electrons. The van der Waals surface area contributed by atoms with Crippen LogP contribution in [0.5, 0.6) is 5.75 Å². The number of carbonyl (C=O) groups excluding carboxylic acids is 1. The summed E-state index contributed by atoms with van der Waals surface area (Å²) in [6, 6.07) is 5.09. The van der Waals surface area contributed by atoms with Crippen molar-refractivity contribution in [2.75, 3.05) is 0 Å². The average Bonchev–Trinajstić information content (AvgIpc) is 2.81. The second kappa shape index (κ2) is 5.42. The fourth-order valence-electron chi connectivity index (χ4n) is 2.76. The predicted octanol–water partition coefficient (Wildman–Crippen LogP) is 3.01. The van der Waals surface area contributed by atoms with E-state index in [9.17, 15) is 9.90 Å². The highest BCUT2D eigenvalue weighted by Crippen LogP contribution is 2.27. The van der Waals surface area contributed by atoms with Crippen LogP contribution in [0.2, 0.25) is 0 Å². The number of hydrogen-bond donors (Lipinski definition) is 2. The van der Waals surface area contributed by atoms with E-state index >= 15 is 0 Å². The van der Waals surface area contributed by atoms with Crippen molar-refractivity contribution < 1.29 is 9.90 Å². The largest absolute Gasteiger partial charge is 0.508 e. The maximum absolute atomic E-state index is 12.2. The maximum atomic E-state index is 12.2. The molecule has 0 saturated heterocycles. The van der Waals surface area contributed by atoms with Gasteiger partial charge in [0.15, 0.2) is 0 Å². The standard InChI is InChI=1S/C15H21NO2/c1-10-9-13(17)7-8-14(10)15(18)16-11(2)12-5-3-4-6-12/h7-9,11-12,17H,3-6H2,1-2H3,(H,16,18). The molecular formula is C15H21NO2. The van der Waals surface area contributed by atoms with Crippen LogP contribution in [0.3, 0.4) is 0 Å². The van der Waals surface area contributed by atoms with E-state index in [1.807, 2.05) is 6.92 Å². The smallest absolute Gasteiger partial charge is 0.251 e. The Morgan fingerprint density at radius 1 is 1.39 bits per heavy atom. The summed E-state index contributed by atoms with van der Waals surface area (Å²) in [6.07, 6.45) is 5.00. The molecule has 1 aliphatic carbocycles. The molecule has 3 nitrogen and oxygen atoms in total. The van der Waals surface area contributed by atoms with Crippen LogP contribution in [-0.4, -0.2) is 17.1 Å². The second-order valence-corrected chi connectivity index (χ2v) is 5.31. The number of nitrogens with one attached hydrogen (secondary N) is 1. The molecule has 3 heteroatoms. The number of aromatic hydroxyl groups is 1. The predicted molar refractivity (Wildman–Crippen MR) is 71.7 cm³/mol. The molecule has 2 N–H and O–H groups in total. The molecule has 1 unspecified atom stereocenters. The lowest BCUT2D eigenvalue weighted by atomic mass is 9.99. The molecule has 1 amide bonds. The highest BCUT2D eigenvalue weighted by Gasteiger charge is 2.23. The van der Waals surface area contributed by atoms with E-state index in [1.165, 1.54) is 25.7 Å². The summed E-state index contributed by atoms with van der Waals surface area (Å²) in [5, 5.41) is 12.4. The second-order valence-electron chi connectivity index (χ2n) is 5.31. The molecule has 1 aromatic rings. The first-order valence-corrected chi connectivity index (χ1v) is 6.68. The van der Waals surface area contributed by atoms with Gasteiger partial charge in [0.25, 0.3) is 5.91 Å². The van der Waals surface area contributed by atoms with Gasteiger partial charge in [-0.1, -0.05) is 12.8 Å². The molecule has 1 fully saturated rings. The maximum Gasteiger partial charge on any atom is 0.251 e. The van der Waals surface area contributed by atoms with Gasteiger partial charge in [-0.25, -0.2) is 0 Å². The zero-order valence-electron chi connectivity index (χ0n) is 11.1. The summed E-state index contributed by atoms with van der Waals surface area (Å²) >= 11 is 0. The van der Waals surface area contributed by atoms with Gasteiger partial charge < -0.3 is 10.4 Å². The Bertz CT molecular complexity index is 436. The van der Waals surface area contributed by atoms with Gasteiger partial charge in [-0.2, -0.15) is 0 Å². The molecule has 0 aliphatic heterocycles. The van der Waals surface area contributed by atoms with E-state index in [2.05, 4.69) is 12.2 Å². The van der Waals surface area contributed by atoms with Gasteiger partial charge >= 0.3 is 0 Å². The Morgan fingerprint density at radius 3 is 2.67 bits per heavy atom. The Labute approximate surface area is 108 Å². The van der Waals surface area contributed by atoms with E-state index < -0.39 is 0 Å². The molecule has 0 spiro atoms. The summed E-state index contributed by atoms with van der Waals surface area (Å²) in [5.74, 6) is 0.783. The number of rotatable bonds is 3. The van der Waals surface area contributed by atoms with Crippen LogP contribution in [0, 0.1) is 12.8 Å². The number of benzene rings is 1. The van der Waals surface area contributed by atoms with Crippen LogP contribution in [-0.2, 0) is 0 Å². The van der Waals surface area contributed by atoms with Gasteiger partial charge in [-0.15, -0.1) is 0 Å². The minimum absolute atomic E-state index is 0.0353. The lowest BCUT2D eigenvalue weighted by Crippen LogP contribution is -2.37. The molecule has 0 heterocycles. The molecule has 0 radical (unpaired) electrons. The van der Waals surface area contributed by atoms with E-state index in [0.29, 0.717) is 11.5 Å². The fourth-order valence-corrected chi connectivity index (χ4v) is 2.76. The summed E-state index contributed by atoms with van der Waals surface area (Å²) in [7, 11) is 0. The van der Waals surface area contributed by atoms with Crippen molar-refractivity contribution in [3.63, 3.8) is 0 Å². The number of carbonyl (C=O) groups is 1. The van der Waals surface area contributed by atoms with Crippen molar-refractivity contribution in [2.45, 2.75) is 45.6 Å². The van der Waals surface area contributed by atoms with Crippen molar-refractivity contribution in [1.82, 2.24) is 5.32 Å². The van der Waals surface area contributed by atoms with Crippen LogP contribution < -0.4 is 5.32 Å². The first-order chi connectivity index (χ1) is 8.58. The fraction of sp³-hybridized carbons (Fsp3) is 0.533. The van der Waals surface area contributed by atoms with Gasteiger partial charge in [0.05, 0.1) is 0 Å². The van der Waals surface area contributed by atoms with Gasteiger partial charge in [0.2, 0.25) is 0 Å². The molecule has 1 atom stereocenters. The Morgan fingerprint density at radius 2 is 2.06 bits per heavy atom. The topological polar surface area (TPSA) is 49.3 Å². The summed E-state index contributed by atoms with van der Waals surface area (Å²) in [6.45, 7) is 3.93. The molecule has 0 bridgehead atoms. The first-order valence-electron chi connectivity index (χ1n) is 6.68. The molecule has 0 aromatic heterocycles. The Kier molecular flexibility index (Phi) is 3.90. The molecule has 1 aromatic carbocycles. The average molecular weight is 247 g/mol. The van der Waals surface area contributed by atoms with Crippen molar-refractivity contribution in [3.8, 4) is 5.75 Å². The van der Waals surface area contributed by atoms with Crippen LogP contribution in [0.4, 0.5) is 0 Å². The third-order valence-electron chi connectivity index (χ3n) is 3.92. The molecule has 2 rings (SSSR count). The highest BCUT2D eigenvalue weighted by atomic mass is 16.3. The molecule has 1 aliphatic rings. The summed E-state index contributed by atoms with van der Waals surface area (Å²) in [5.41, 5.74) is 1.46. The monoisotopic (exact) mass is 247 g/mol. The zero-order chi connectivity index (χ0) is 13.1. The van der Waals surface area contributed by atoms with Crippen LogP contribution in [0.1, 0.15) is 48.5 Å². The van der Waals surface area contributed by atoms with Gasteiger partial charge in [-0.05, 0) is 56.4 Å². The third-order valence-corrected chi connectivity index (χ3v) is 3.92. The van der Waals surface area contributed by atoms with Crippen molar-refractivity contribution in [1.29, 1.82) is 0 Å². The summed E-state index contributed by atoms with van der Waals surface area (Å²) in [4.78, 5) is 12.2. The first kappa shape index (κ1) is 12.9. The van der Waals surface area contributed by atoms with E-state index in [1.54, 1.807) is 18.2 Å². The SMILES string of the molecule is Cc1cc(O)ccc1C(=O)NC(C)C1CCCC1. The third kappa shape index (κ3) is 2.84. The normalized spacial score (nSPS) is 17.7. The van der Waals surface area contributed by atoms with Crippen LogP contribution in [0.25, 0.3) is 0 Å². The minimum atomic E-state index is -0.0353. The Balaban J connectivity index is 2.02. The molecule has 1 saturated carbocycles. The van der Waals surface area contributed by atoms with Crippen molar-refractivity contribution >= 4 is 5.91 Å². The van der Waals surface area contributed by atoms with Crippen molar-refractivity contribution in [3.05, 3.63) is 29.3 Å². The lowest BCUT2D eigenvalue weighted by molar-refractivity contribution is 0.0926. The highest BCUT2D eigenvalue weighted by molar-refractivity contribution is 5.95. The Hall–Kier alpha value is -1.51. The van der Waals surface area contributed by atoms with Gasteiger partial charge in [0.1, 0.15) is 5.75 Å². The molecule has 18 heavy (non-hydrogen) atoms. The zero-order valence-corrected chi connectivity index (χ0v) is 11.1. The number of hydrogen-bond acceptors (Lipinski definition) is 2. The number of amides is 1. The number of phenolic OH excluding ortho intramolecular Hbond substituents is 1.